The molecule has 154 valence electrons. The highest BCUT2D eigenvalue weighted by molar-refractivity contribution is 6.37. The maximum absolute atomic E-state index is 12.1. The molecule has 0 spiro atoms. The van der Waals surface area contributed by atoms with Gasteiger partial charge in [-0.05, 0) is 18.1 Å². The number of rotatable bonds is 5. The van der Waals surface area contributed by atoms with E-state index in [2.05, 4.69) is 20.6 Å². The summed E-state index contributed by atoms with van der Waals surface area (Å²) in [6.07, 6.45) is 0. The van der Waals surface area contributed by atoms with Crippen LogP contribution < -0.4 is 21.3 Å². The van der Waals surface area contributed by atoms with E-state index in [1.54, 1.807) is 19.2 Å². The lowest BCUT2D eigenvalue weighted by molar-refractivity contribution is 0.454. The van der Waals surface area contributed by atoms with Crippen LogP contribution in [0.15, 0.2) is 27.8 Å². The number of nitrogens with zero attached hydrogens (tertiary/aromatic N) is 5. The smallest absolute Gasteiger partial charge is 0.349 e. The molecule has 3 aromatic rings. The van der Waals surface area contributed by atoms with Crippen LogP contribution in [0.3, 0.4) is 0 Å². The number of H-pyrrole nitrogens is 1. The van der Waals surface area contributed by atoms with E-state index in [1.165, 1.54) is 12.1 Å². The maximum Gasteiger partial charge on any atom is 0.349 e. The number of aromatic amines is 1. The van der Waals surface area contributed by atoms with E-state index in [-0.39, 0.29) is 33.3 Å². The van der Waals surface area contributed by atoms with E-state index in [0.717, 1.165) is 10.2 Å². The van der Waals surface area contributed by atoms with Crippen molar-refractivity contribution in [2.75, 3.05) is 12.4 Å². The van der Waals surface area contributed by atoms with Crippen LogP contribution in [-0.4, -0.2) is 32.0 Å². The normalized spacial score (nSPS) is 10.7. The van der Waals surface area contributed by atoms with Crippen LogP contribution in [0.1, 0.15) is 31.0 Å². The molecule has 0 unspecified atom stereocenters. The molecule has 10 nitrogen and oxygen atoms in total. The second kappa shape index (κ2) is 8.52. The number of hydrogen-bond acceptors (Lipinski definition) is 8. The lowest BCUT2D eigenvalue weighted by Gasteiger charge is -2.14. The van der Waals surface area contributed by atoms with Gasteiger partial charge in [0.2, 0.25) is 11.6 Å². The molecule has 1 aromatic carbocycles. The van der Waals surface area contributed by atoms with E-state index in [0.29, 0.717) is 5.82 Å². The molecule has 0 radical (unpaired) electrons. The van der Waals surface area contributed by atoms with Gasteiger partial charge < -0.3 is 10.1 Å². The highest BCUT2D eigenvalue weighted by atomic mass is 35.5. The zero-order valence-corrected chi connectivity index (χ0v) is 17.5. The number of anilines is 1. The van der Waals surface area contributed by atoms with Crippen molar-refractivity contribution in [1.82, 2.24) is 25.0 Å². The van der Waals surface area contributed by atoms with Gasteiger partial charge in [-0.25, -0.2) is 4.79 Å². The average Bonchev–Trinajstić information content (AvgIpc) is 2.70. The molecule has 0 amide bonds. The number of benzene rings is 1. The van der Waals surface area contributed by atoms with Crippen LogP contribution in [0, 0.1) is 11.3 Å². The van der Waals surface area contributed by atoms with Crippen LogP contribution >= 0.6 is 23.2 Å². The van der Waals surface area contributed by atoms with Crippen LogP contribution in [0.25, 0.3) is 5.69 Å². The van der Waals surface area contributed by atoms with Crippen LogP contribution in [-0.2, 0) is 0 Å². The lowest BCUT2D eigenvalue weighted by Crippen LogP contribution is -2.33. The minimum Gasteiger partial charge on any atom is -0.434 e. The summed E-state index contributed by atoms with van der Waals surface area (Å²) in [7, 11) is 1.74. The van der Waals surface area contributed by atoms with Gasteiger partial charge in [-0.15, -0.1) is 15.3 Å². The Bertz CT molecular complexity index is 1250. The minimum absolute atomic E-state index is 0.0569. The summed E-state index contributed by atoms with van der Waals surface area (Å²) >= 11 is 12.6. The van der Waals surface area contributed by atoms with Gasteiger partial charge in [0.05, 0.1) is 15.7 Å². The third kappa shape index (κ3) is 4.12. The molecule has 2 heterocycles. The molecule has 0 bridgehead atoms. The summed E-state index contributed by atoms with van der Waals surface area (Å²) in [6.45, 7) is 4.00. The topological polar surface area (TPSA) is 139 Å². The molecule has 0 saturated heterocycles. The zero-order chi connectivity index (χ0) is 22.0. The second-order valence-electron chi connectivity index (χ2n) is 6.36. The Morgan fingerprint density at radius 2 is 1.87 bits per heavy atom. The fraction of sp³-hybridized carbons (Fsp3) is 0.222. The Labute approximate surface area is 180 Å². The SMILES string of the molecule is CNc1nnc(Oc2c(Cl)cc(-n3nc(C#N)c(=O)[nH]c3=O)cc2Cl)cc1C(C)C. The number of ether oxygens (including phenoxy) is 1. The monoisotopic (exact) mass is 447 g/mol. The number of hydrogen-bond donors (Lipinski definition) is 2. The van der Waals surface area contributed by atoms with E-state index < -0.39 is 16.9 Å². The van der Waals surface area contributed by atoms with Gasteiger partial charge in [-0.1, -0.05) is 37.0 Å². The third-order valence-electron chi connectivity index (χ3n) is 4.03. The summed E-state index contributed by atoms with van der Waals surface area (Å²) in [5.74, 6) is 1.06. The Morgan fingerprint density at radius 3 is 2.43 bits per heavy atom. The average molecular weight is 448 g/mol. The molecule has 0 atom stereocenters. The molecule has 0 saturated carbocycles. The standard InChI is InChI=1S/C18H15Cl2N7O3/c1-8(2)10-6-14(24-25-16(10)22-3)30-15-11(19)4-9(5-12(15)20)27-18(29)23-17(28)13(7-21)26-27/h4-6,8H,1-3H3,(H,22,25)(H,23,28,29). The summed E-state index contributed by atoms with van der Waals surface area (Å²) in [5.41, 5.74) is -1.20. The minimum atomic E-state index is -0.888. The van der Waals surface area contributed by atoms with Crippen LogP contribution in [0.4, 0.5) is 5.82 Å². The molecule has 0 aliphatic rings. The van der Waals surface area contributed by atoms with Crippen molar-refractivity contribution in [3.05, 3.63) is 60.3 Å². The highest BCUT2D eigenvalue weighted by Crippen LogP contribution is 2.38. The second-order valence-corrected chi connectivity index (χ2v) is 7.18. The zero-order valence-electron chi connectivity index (χ0n) is 16.0. The first-order valence-corrected chi connectivity index (χ1v) is 9.37. The fourth-order valence-corrected chi connectivity index (χ4v) is 3.14. The van der Waals surface area contributed by atoms with Crippen molar-refractivity contribution >= 4 is 29.0 Å². The maximum atomic E-state index is 12.1. The van der Waals surface area contributed by atoms with Gasteiger partial charge in [0.1, 0.15) is 6.07 Å². The highest BCUT2D eigenvalue weighted by Gasteiger charge is 2.17. The number of aromatic nitrogens is 5. The first kappa shape index (κ1) is 21.3. The lowest BCUT2D eigenvalue weighted by atomic mass is 10.1. The van der Waals surface area contributed by atoms with Crippen molar-refractivity contribution in [1.29, 1.82) is 5.26 Å². The van der Waals surface area contributed by atoms with E-state index in [4.69, 9.17) is 33.2 Å². The van der Waals surface area contributed by atoms with E-state index >= 15 is 0 Å². The van der Waals surface area contributed by atoms with Crippen molar-refractivity contribution in [2.24, 2.45) is 0 Å². The van der Waals surface area contributed by atoms with Gasteiger partial charge >= 0.3 is 5.69 Å². The molecule has 12 heteroatoms. The quantitative estimate of drug-likeness (QED) is 0.608. The van der Waals surface area contributed by atoms with Gasteiger partial charge in [0.25, 0.3) is 5.56 Å². The summed E-state index contributed by atoms with van der Waals surface area (Å²) in [4.78, 5) is 25.6. The molecule has 30 heavy (non-hydrogen) atoms. The van der Waals surface area contributed by atoms with Crippen LogP contribution in [0.2, 0.25) is 10.0 Å². The predicted octanol–water partition coefficient (Wildman–Crippen LogP) is 2.85. The first-order chi connectivity index (χ1) is 14.2. The van der Waals surface area contributed by atoms with Gasteiger partial charge in [0, 0.05) is 18.7 Å². The molecule has 0 fully saturated rings. The van der Waals surface area contributed by atoms with E-state index in [9.17, 15) is 9.59 Å². The summed E-state index contributed by atoms with van der Waals surface area (Å²) in [5, 5.41) is 23.8. The molecule has 2 N–H and O–H groups in total. The Morgan fingerprint density at radius 1 is 1.20 bits per heavy atom. The molecular weight excluding hydrogens is 433 g/mol. The summed E-state index contributed by atoms with van der Waals surface area (Å²) in [6, 6.07) is 6.04. The van der Waals surface area contributed by atoms with Crippen LogP contribution in [0.5, 0.6) is 11.6 Å². The fourth-order valence-electron chi connectivity index (χ4n) is 2.59. The van der Waals surface area contributed by atoms with Crippen molar-refractivity contribution in [2.45, 2.75) is 19.8 Å². The summed E-state index contributed by atoms with van der Waals surface area (Å²) < 4.78 is 6.54. The van der Waals surface area contributed by atoms with Gasteiger partial charge in [0.15, 0.2) is 11.6 Å². The number of halogens is 2. The van der Waals surface area contributed by atoms with Crippen molar-refractivity contribution in [3.8, 4) is 23.4 Å². The number of nitrogens with one attached hydrogen (secondary N) is 2. The largest absolute Gasteiger partial charge is 0.434 e. The molecular formula is C18H15Cl2N7O3. The van der Waals surface area contributed by atoms with Gasteiger partial charge in [-0.3, -0.25) is 9.78 Å². The Kier molecular flexibility index (Phi) is 6.05. The molecule has 0 aliphatic heterocycles. The van der Waals surface area contributed by atoms with Gasteiger partial charge in [-0.2, -0.15) is 9.94 Å². The Balaban J connectivity index is 2.03. The molecule has 3 rings (SSSR count). The Hall–Kier alpha value is -3.42. The first-order valence-electron chi connectivity index (χ1n) is 8.61. The van der Waals surface area contributed by atoms with Crippen molar-refractivity contribution in [3.63, 3.8) is 0 Å². The van der Waals surface area contributed by atoms with E-state index in [1.807, 2.05) is 18.8 Å². The molecule has 2 aromatic heterocycles. The van der Waals surface area contributed by atoms with Crippen molar-refractivity contribution < 1.29 is 4.74 Å². The number of nitriles is 1. The molecule has 0 aliphatic carbocycles. The third-order valence-corrected chi connectivity index (χ3v) is 4.59. The predicted molar refractivity (Wildman–Crippen MR) is 111 cm³/mol.